The van der Waals surface area contributed by atoms with Crippen molar-refractivity contribution < 1.29 is 0 Å². The molecular weight excluding hydrogens is 359 g/mol. The van der Waals surface area contributed by atoms with Crippen LogP contribution in [0.3, 0.4) is 0 Å². The molecule has 1 aliphatic rings. The lowest BCUT2D eigenvalue weighted by atomic mass is 9.83. The van der Waals surface area contributed by atoms with E-state index in [-0.39, 0.29) is 0 Å². The first kappa shape index (κ1) is 12.5. The van der Waals surface area contributed by atoms with Gasteiger partial charge in [0, 0.05) is 18.7 Å². The molecule has 0 amide bonds. The Morgan fingerprint density at radius 3 is 3.00 bits per heavy atom. The average molecular weight is 373 g/mol. The molecule has 0 bridgehead atoms. The molecule has 3 rings (SSSR count). The number of hydrogen-bond donors (Lipinski definition) is 0. The average Bonchev–Trinajstić information content (AvgIpc) is 2.69. The first-order valence-corrected chi connectivity index (χ1v) is 7.66. The van der Waals surface area contributed by atoms with Crippen molar-refractivity contribution in [3.8, 4) is 0 Å². The van der Waals surface area contributed by atoms with Gasteiger partial charge < -0.3 is 0 Å². The maximum Gasteiger partial charge on any atom is 0.141 e. The van der Waals surface area contributed by atoms with E-state index in [0.717, 1.165) is 15.3 Å². The number of fused-ring (bicyclic) bond motifs is 1. The molecular formula is C14H14ClIN2. The Bertz CT molecular complexity index is 545. The van der Waals surface area contributed by atoms with E-state index in [1.165, 1.54) is 30.4 Å². The summed E-state index contributed by atoms with van der Waals surface area (Å²) in [4.78, 5) is 0. The van der Waals surface area contributed by atoms with Crippen LogP contribution in [0.15, 0.2) is 30.5 Å². The van der Waals surface area contributed by atoms with Crippen LogP contribution in [0, 0.1) is 3.70 Å². The van der Waals surface area contributed by atoms with E-state index < -0.39 is 0 Å². The van der Waals surface area contributed by atoms with Crippen LogP contribution in [0.5, 0.6) is 0 Å². The summed E-state index contributed by atoms with van der Waals surface area (Å²) in [5, 5.41) is 5.20. The van der Waals surface area contributed by atoms with Crippen molar-refractivity contribution in [1.29, 1.82) is 0 Å². The van der Waals surface area contributed by atoms with Crippen LogP contribution in [0.4, 0.5) is 0 Å². The highest BCUT2D eigenvalue weighted by atomic mass is 127. The summed E-state index contributed by atoms with van der Waals surface area (Å²) < 4.78 is 2.87. The topological polar surface area (TPSA) is 17.8 Å². The highest BCUT2D eigenvalue weighted by Crippen LogP contribution is 2.32. The molecule has 0 saturated heterocycles. The van der Waals surface area contributed by atoms with Crippen LogP contribution in [0.25, 0.3) is 0 Å². The summed E-state index contributed by atoms with van der Waals surface area (Å²) in [6.45, 7) is 0.930. The van der Waals surface area contributed by atoms with E-state index in [9.17, 15) is 0 Å². The van der Waals surface area contributed by atoms with Gasteiger partial charge in [-0.2, -0.15) is 5.10 Å². The third-order valence-electron chi connectivity index (χ3n) is 3.58. The Morgan fingerprint density at radius 1 is 1.39 bits per heavy atom. The summed E-state index contributed by atoms with van der Waals surface area (Å²) in [6, 6.07) is 8.78. The lowest BCUT2D eigenvalue weighted by molar-refractivity contribution is 0.456. The molecule has 0 radical (unpaired) electrons. The smallest absolute Gasteiger partial charge is 0.141 e. The van der Waals surface area contributed by atoms with Gasteiger partial charge in [0.05, 0.1) is 5.02 Å². The maximum absolute atomic E-state index is 6.06. The number of nitrogens with zero attached hydrogens (tertiary/aromatic N) is 2. The van der Waals surface area contributed by atoms with Crippen molar-refractivity contribution in [3.05, 3.63) is 50.3 Å². The first-order chi connectivity index (χ1) is 8.74. The fourth-order valence-corrected chi connectivity index (χ4v) is 3.30. The number of halogens is 2. The van der Waals surface area contributed by atoms with Gasteiger partial charge >= 0.3 is 0 Å². The van der Waals surface area contributed by atoms with E-state index >= 15 is 0 Å². The lowest BCUT2D eigenvalue weighted by Crippen LogP contribution is -2.15. The van der Waals surface area contributed by atoms with Gasteiger partial charge in [0.1, 0.15) is 3.70 Å². The number of aryl methyl sites for hydroxylation is 1. The molecule has 0 fully saturated rings. The highest BCUT2D eigenvalue weighted by molar-refractivity contribution is 14.1. The minimum atomic E-state index is 0.571. The zero-order valence-corrected chi connectivity index (χ0v) is 12.9. The van der Waals surface area contributed by atoms with Crippen LogP contribution in [0.2, 0.25) is 5.02 Å². The van der Waals surface area contributed by atoms with Crippen molar-refractivity contribution in [3.63, 3.8) is 0 Å². The van der Waals surface area contributed by atoms with Gasteiger partial charge in [-0.25, -0.2) is 0 Å². The molecule has 1 heterocycles. The van der Waals surface area contributed by atoms with Gasteiger partial charge in [-0.1, -0.05) is 35.9 Å². The van der Waals surface area contributed by atoms with Crippen LogP contribution in [-0.4, -0.2) is 9.78 Å². The molecule has 0 spiro atoms. The molecule has 1 unspecified atom stereocenters. The second kappa shape index (κ2) is 5.21. The molecule has 1 aromatic heterocycles. The number of hydrogen-bond acceptors (Lipinski definition) is 1. The van der Waals surface area contributed by atoms with Crippen molar-refractivity contribution in [1.82, 2.24) is 9.78 Å². The van der Waals surface area contributed by atoms with E-state index in [2.05, 4.69) is 52.0 Å². The zero-order valence-electron chi connectivity index (χ0n) is 9.94. The van der Waals surface area contributed by atoms with Crippen molar-refractivity contribution in [2.75, 3.05) is 0 Å². The summed E-state index contributed by atoms with van der Waals surface area (Å²) in [7, 11) is 0. The highest BCUT2D eigenvalue weighted by Gasteiger charge is 2.20. The van der Waals surface area contributed by atoms with Gasteiger partial charge in [0.15, 0.2) is 0 Å². The van der Waals surface area contributed by atoms with Crippen LogP contribution < -0.4 is 0 Å². The van der Waals surface area contributed by atoms with Crippen LogP contribution in [0.1, 0.15) is 29.9 Å². The molecule has 0 N–H and O–H groups in total. The number of benzene rings is 1. The number of aromatic nitrogens is 2. The Morgan fingerprint density at radius 2 is 2.22 bits per heavy atom. The summed E-state index contributed by atoms with van der Waals surface area (Å²) in [5.74, 6) is 0.571. The van der Waals surface area contributed by atoms with Gasteiger partial charge in [0.2, 0.25) is 0 Å². The van der Waals surface area contributed by atoms with Gasteiger partial charge in [0.25, 0.3) is 0 Å². The van der Waals surface area contributed by atoms with Crippen molar-refractivity contribution in [2.24, 2.45) is 0 Å². The molecule has 2 nitrogen and oxygen atoms in total. The second-order valence-corrected chi connectivity index (χ2v) is 6.21. The molecule has 1 aliphatic carbocycles. The second-order valence-electron chi connectivity index (χ2n) is 4.78. The first-order valence-electron chi connectivity index (χ1n) is 6.20. The fraction of sp³-hybridized carbons (Fsp3) is 0.357. The van der Waals surface area contributed by atoms with E-state index in [4.69, 9.17) is 11.6 Å². The van der Waals surface area contributed by atoms with Crippen LogP contribution in [-0.2, 0) is 13.0 Å². The minimum Gasteiger partial charge on any atom is -0.270 e. The quantitative estimate of drug-likeness (QED) is 0.720. The van der Waals surface area contributed by atoms with Gasteiger partial charge in [-0.3, -0.25) is 4.68 Å². The molecule has 0 aliphatic heterocycles. The predicted octanol–water partition coefficient (Wildman–Crippen LogP) is 4.26. The molecule has 1 aromatic carbocycles. The van der Waals surface area contributed by atoms with E-state index in [1.54, 1.807) is 0 Å². The monoisotopic (exact) mass is 372 g/mol. The van der Waals surface area contributed by atoms with E-state index in [0.29, 0.717) is 5.92 Å². The number of rotatable bonds is 2. The third kappa shape index (κ3) is 2.43. The molecule has 1 atom stereocenters. The third-order valence-corrected chi connectivity index (χ3v) is 4.97. The summed E-state index contributed by atoms with van der Waals surface area (Å²) >= 11 is 8.23. The molecule has 4 heteroatoms. The maximum atomic E-state index is 6.06. The molecule has 0 saturated carbocycles. The predicted molar refractivity (Wildman–Crippen MR) is 82.1 cm³/mol. The fourth-order valence-electron chi connectivity index (χ4n) is 2.74. The van der Waals surface area contributed by atoms with Crippen LogP contribution >= 0.6 is 34.2 Å². The minimum absolute atomic E-state index is 0.571. The standard InChI is InChI=1S/C14H14ClIN2/c15-13-9-18(17-14(13)16)8-11-6-3-5-10-4-1-2-7-12(10)11/h1-2,4,7,9,11H,3,5-6,8H2. The summed E-state index contributed by atoms with van der Waals surface area (Å²) in [5.41, 5.74) is 2.99. The largest absolute Gasteiger partial charge is 0.270 e. The Labute approximate surface area is 125 Å². The van der Waals surface area contributed by atoms with Gasteiger partial charge in [-0.15, -0.1) is 0 Å². The van der Waals surface area contributed by atoms with E-state index in [1.807, 2.05) is 10.9 Å². The molecule has 18 heavy (non-hydrogen) atoms. The molecule has 2 aromatic rings. The van der Waals surface area contributed by atoms with Crippen molar-refractivity contribution >= 4 is 34.2 Å². The Hall–Kier alpha value is -0.550. The Kier molecular flexibility index (Phi) is 3.61. The zero-order chi connectivity index (χ0) is 12.5. The summed E-state index contributed by atoms with van der Waals surface area (Å²) in [6.07, 6.45) is 5.66. The Balaban J connectivity index is 1.86. The van der Waals surface area contributed by atoms with Gasteiger partial charge in [-0.05, 0) is 53.0 Å². The molecule has 94 valence electrons. The lowest BCUT2D eigenvalue weighted by Gasteiger charge is -2.25. The normalized spacial score (nSPS) is 18.7. The van der Waals surface area contributed by atoms with Crippen molar-refractivity contribution in [2.45, 2.75) is 31.7 Å². The SMILES string of the molecule is Clc1cn(CC2CCCc3ccccc32)nc1I.